The van der Waals surface area contributed by atoms with Crippen molar-refractivity contribution in [3.63, 3.8) is 0 Å². The number of carboxylic acid groups (broad SMARTS) is 1. The third-order valence-electron chi connectivity index (χ3n) is 3.10. The zero-order valence-electron chi connectivity index (χ0n) is 10.9. The van der Waals surface area contributed by atoms with Gasteiger partial charge in [0.1, 0.15) is 4.90 Å². The summed E-state index contributed by atoms with van der Waals surface area (Å²) in [6.07, 6.45) is -1.37. The van der Waals surface area contributed by atoms with Crippen LogP contribution in [0.3, 0.4) is 0 Å². The number of nitrogens with one attached hydrogen (secondary N) is 1. The van der Waals surface area contributed by atoms with Crippen LogP contribution in [0.15, 0.2) is 23.1 Å². The number of carbonyl (C=O) groups is 1. The molecule has 1 aromatic carbocycles. The summed E-state index contributed by atoms with van der Waals surface area (Å²) in [5.41, 5.74) is -0.288. The van der Waals surface area contributed by atoms with Crippen LogP contribution in [0.2, 0.25) is 5.02 Å². The van der Waals surface area contributed by atoms with E-state index < -0.39 is 54.4 Å². The number of rotatable bonds is 4. The maximum absolute atomic E-state index is 12.2. The number of hydrogen-bond acceptors (Lipinski definition) is 6. The highest BCUT2D eigenvalue weighted by Crippen LogP contribution is 2.24. The number of hydrogen-bond donors (Lipinski definition) is 3. The summed E-state index contributed by atoms with van der Waals surface area (Å²) in [6.45, 7) is 0. The number of aliphatic hydroxyl groups excluding tert-OH is 1. The molecule has 1 fully saturated rings. The van der Waals surface area contributed by atoms with Crippen molar-refractivity contribution in [1.29, 1.82) is 0 Å². The van der Waals surface area contributed by atoms with Gasteiger partial charge in [-0.3, -0.25) is 0 Å². The van der Waals surface area contributed by atoms with E-state index in [9.17, 15) is 26.7 Å². The molecule has 0 radical (unpaired) electrons. The number of sulfonamides is 1. The Balaban J connectivity index is 2.35. The summed E-state index contributed by atoms with van der Waals surface area (Å²) in [4.78, 5) is 10.4. The molecule has 1 aromatic rings. The smallest absolute Gasteiger partial charge is 0.335 e. The Kier molecular flexibility index (Phi) is 4.51. The summed E-state index contributed by atoms with van der Waals surface area (Å²) in [5.74, 6) is -2.41. The first-order valence-corrected chi connectivity index (χ1v) is 9.64. The number of halogens is 1. The zero-order chi connectivity index (χ0) is 16.7. The number of benzene rings is 1. The van der Waals surface area contributed by atoms with E-state index in [4.69, 9.17) is 16.7 Å². The molecule has 11 heteroatoms. The lowest BCUT2D eigenvalue weighted by Crippen LogP contribution is -2.42. The summed E-state index contributed by atoms with van der Waals surface area (Å²) < 4.78 is 49.3. The molecule has 2 rings (SSSR count). The van der Waals surface area contributed by atoms with Gasteiger partial charge < -0.3 is 10.2 Å². The second-order valence-corrected chi connectivity index (χ2v) is 9.07. The van der Waals surface area contributed by atoms with E-state index in [2.05, 4.69) is 0 Å². The molecule has 2 atom stereocenters. The van der Waals surface area contributed by atoms with Crippen molar-refractivity contribution in [2.75, 3.05) is 11.5 Å². The zero-order valence-corrected chi connectivity index (χ0v) is 13.3. The van der Waals surface area contributed by atoms with Crippen LogP contribution in [-0.4, -0.2) is 56.7 Å². The minimum absolute atomic E-state index is 0.215. The van der Waals surface area contributed by atoms with Crippen LogP contribution in [0.5, 0.6) is 0 Å². The van der Waals surface area contributed by atoms with Gasteiger partial charge in [-0.15, -0.1) is 0 Å². The quantitative estimate of drug-likeness (QED) is 0.648. The summed E-state index contributed by atoms with van der Waals surface area (Å²) in [6, 6.07) is 1.91. The predicted octanol–water partition coefficient (Wildman–Crippen LogP) is -0.526. The maximum atomic E-state index is 12.2. The Bertz CT molecular complexity index is 819. The molecule has 0 spiro atoms. The molecule has 0 saturated carbocycles. The standard InChI is InChI=1S/C11H12ClNO7S2/c12-7-2-1-6(11(15)16)3-10(7)22(19,20)13-8-4-21(17,18)5-9(8)14/h1-3,8-9,13-14H,4-5H2,(H,15,16)/t8-,9+/m1/s1. The molecule has 1 aliphatic heterocycles. The van der Waals surface area contributed by atoms with Crippen molar-refractivity contribution in [2.24, 2.45) is 0 Å². The average molecular weight is 370 g/mol. The first-order chi connectivity index (χ1) is 10.0. The average Bonchev–Trinajstić information content (AvgIpc) is 2.61. The molecule has 8 nitrogen and oxygen atoms in total. The van der Waals surface area contributed by atoms with E-state index in [0.29, 0.717) is 0 Å². The Hall–Kier alpha value is -1.20. The molecule has 22 heavy (non-hydrogen) atoms. The molecule has 3 N–H and O–H groups in total. The molecular weight excluding hydrogens is 358 g/mol. The van der Waals surface area contributed by atoms with Crippen molar-refractivity contribution in [3.8, 4) is 0 Å². The number of carboxylic acids is 1. The van der Waals surface area contributed by atoms with Gasteiger partial charge in [0.2, 0.25) is 10.0 Å². The highest BCUT2D eigenvalue weighted by atomic mass is 35.5. The molecule has 0 unspecified atom stereocenters. The van der Waals surface area contributed by atoms with Crippen LogP contribution in [-0.2, 0) is 19.9 Å². The second kappa shape index (κ2) is 5.78. The lowest BCUT2D eigenvalue weighted by molar-refractivity contribution is 0.0696. The molecule has 1 saturated heterocycles. The summed E-state index contributed by atoms with van der Waals surface area (Å²) >= 11 is 5.77. The molecule has 0 bridgehead atoms. The van der Waals surface area contributed by atoms with Crippen molar-refractivity contribution in [1.82, 2.24) is 4.72 Å². The van der Waals surface area contributed by atoms with E-state index in [0.717, 1.165) is 18.2 Å². The van der Waals surface area contributed by atoms with Crippen LogP contribution < -0.4 is 4.72 Å². The Morgan fingerprint density at radius 1 is 1.32 bits per heavy atom. The van der Waals surface area contributed by atoms with Crippen LogP contribution >= 0.6 is 11.6 Å². The Labute approximate surface area is 131 Å². The fourth-order valence-corrected chi connectivity index (χ4v) is 5.69. The van der Waals surface area contributed by atoms with Gasteiger partial charge in [-0.1, -0.05) is 11.6 Å². The van der Waals surface area contributed by atoms with Crippen LogP contribution in [0.25, 0.3) is 0 Å². The van der Waals surface area contributed by atoms with E-state index >= 15 is 0 Å². The molecule has 0 aromatic heterocycles. The molecular formula is C11H12ClNO7S2. The van der Waals surface area contributed by atoms with Crippen LogP contribution in [0.4, 0.5) is 0 Å². The van der Waals surface area contributed by atoms with Crippen molar-refractivity contribution < 1.29 is 31.8 Å². The van der Waals surface area contributed by atoms with Gasteiger partial charge >= 0.3 is 5.97 Å². The summed E-state index contributed by atoms with van der Waals surface area (Å²) in [5, 5.41) is 18.3. The van der Waals surface area contributed by atoms with Gasteiger partial charge in [-0.05, 0) is 18.2 Å². The third-order valence-corrected chi connectivity index (χ3v) is 6.78. The van der Waals surface area contributed by atoms with Gasteiger partial charge in [0.15, 0.2) is 9.84 Å². The second-order valence-electron chi connectivity index (χ2n) is 4.82. The van der Waals surface area contributed by atoms with Crippen LogP contribution in [0.1, 0.15) is 10.4 Å². The fourth-order valence-electron chi connectivity index (χ4n) is 2.05. The van der Waals surface area contributed by atoms with Crippen molar-refractivity contribution >= 4 is 37.4 Å². The molecule has 1 aliphatic rings. The van der Waals surface area contributed by atoms with E-state index in [1.165, 1.54) is 0 Å². The lowest BCUT2D eigenvalue weighted by atomic mass is 10.2. The van der Waals surface area contributed by atoms with E-state index in [1.54, 1.807) is 0 Å². The summed E-state index contributed by atoms with van der Waals surface area (Å²) in [7, 11) is -7.82. The number of aromatic carboxylic acids is 1. The van der Waals surface area contributed by atoms with Gasteiger partial charge in [-0.2, -0.15) is 0 Å². The SMILES string of the molecule is O=C(O)c1ccc(Cl)c(S(=O)(=O)N[C@@H]2CS(=O)(=O)C[C@@H]2O)c1. The minimum Gasteiger partial charge on any atom is -0.478 e. The Morgan fingerprint density at radius 3 is 2.45 bits per heavy atom. The highest BCUT2D eigenvalue weighted by molar-refractivity contribution is 7.92. The predicted molar refractivity (Wildman–Crippen MR) is 77.2 cm³/mol. The molecule has 0 aliphatic carbocycles. The van der Waals surface area contributed by atoms with E-state index in [1.807, 2.05) is 4.72 Å². The lowest BCUT2D eigenvalue weighted by Gasteiger charge is -2.16. The van der Waals surface area contributed by atoms with Crippen molar-refractivity contribution in [2.45, 2.75) is 17.0 Å². The first-order valence-electron chi connectivity index (χ1n) is 5.95. The number of aliphatic hydroxyl groups is 1. The third kappa shape index (κ3) is 3.58. The number of sulfone groups is 1. The van der Waals surface area contributed by atoms with Gasteiger partial charge in [0.05, 0.1) is 34.2 Å². The largest absolute Gasteiger partial charge is 0.478 e. The molecule has 0 amide bonds. The highest BCUT2D eigenvalue weighted by Gasteiger charge is 2.39. The molecule has 122 valence electrons. The Morgan fingerprint density at radius 2 is 1.95 bits per heavy atom. The monoisotopic (exact) mass is 369 g/mol. The van der Waals surface area contributed by atoms with E-state index in [-0.39, 0.29) is 10.6 Å². The van der Waals surface area contributed by atoms with Crippen molar-refractivity contribution in [3.05, 3.63) is 28.8 Å². The normalized spacial score (nSPS) is 24.3. The minimum atomic E-state index is -4.28. The van der Waals surface area contributed by atoms with Gasteiger partial charge in [0, 0.05) is 0 Å². The first kappa shape index (κ1) is 17.2. The van der Waals surface area contributed by atoms with Gasteiger partial charge in [-0.25, -0.2) is 26.4 Å². The topological polar surface area (TPSA) is 138 Å². The molecule has 1 heterocycles. The van der Waals surface area contributed by atoms with Gasteiger partial charge in [0.25, 0.3) is 0 Å². The maximum Gasteiger partial charge on any atom is 0.335 e. The van der Waals surface area contributed by atoms with Crippen LogP contribution in [0, 0.1) is 0 Å². The fraction of sp³-hybridized carbons (Fsp3) is 0.364.